The lowest BCUT2D eigenvalue weighted by Gasteiger charge is -2.11. The zero-order chi connectivity index (χ0) is 15.7. The minimum absolute atomic E-state index is 0.0380. The van der Waals surface area contributed by atoms with Gasteiger partial charge in [0.15, 0.2) is 6.61 Å². The van der Waals surface area contributed by atoms with E-state index in [1.165, 1.54) is 25.3 Å². The molecule has 0 aliphatic rings. The van der Waals surface area contributed by atoms with Gasteiger partial charge in [0.1, 0.15) is 5.75 Å². The van der Waals surface area contributed by atoms with Gasteiger partial charge in [-0.05, 0) is 6.07 Å². The Bertz CT molecular complexity index is 492. The first kappa shape index (κ1) is 16.9. The summed E-state index contributed by atoms with van der Waals surface area (Å²) in [6.07, 6.45) is 0. The number of hydrogen-bond donors (Lipinski definition) is 1. The summed E-state index contributed by atoms with van der Waals surface area (Å²) < 4.78 is 14.7. The van der Waals surface area contributed by atoms with E-state index in [2.05, 4.69) is 10.1 Å². The summed E-state index contributed by atoms with van der Waals surface area (Å²) in [5.74, 6) is -0.123. The van der Waals surface area contributed by atoms with E-state index in [1.54, 1.807) is 7.11 Å². The number of methoxy groups -OCH3 is 2. The van der Waals surface area contributed by atoms with Gasteiger partial charge < -0.3 is 19.5 Å². The van der Waals surface area contributed by atoms with Gasteiger partial charge in [0.2, 0.25) is 0 Å². The molecule has 0 aliphatic heterocycles. The molecular weight excluding hydrogens is 280 g/mol. The fourth-order valence-electron chi connectivity index (χ4n) is 1.55. The molecule has 0 spiro atoms. The smallest absolute Gasteiger partial charge is 0.343 e. The van der Waals surface area contributed by atoms with Crippen LogP contribution in [0.4, 0.5) is 5.69 Å². The number of non-ortho nitro benzene ring substituents is 1. The van der Waals surface area contributed by atoms with Gasteiger partial charge in [0.25, 0.3) is 5.69 Å². The molecular formula is C13H18N2O6. The van der Waals surface area contributed by atoms with Crippen molar-refractivity contribution < 1.29 is 23.9 Å². The molecule has 0 unspecified atom stereocenters. The number of benzene rings is 1. The van der Waals surface area contributed by atoms with Crippen LogP contribution < -0.4 is 10.1 Å². The van der Waals surface area contributed by atoms with Gasteiger partial charge >= 0.3 is 5.97 Å². The number of nitro benzene ring substituents is 1. The van der Waals surface area contributed by atoms with Crippen LogP contribution in [0.15, 0.2) is 18.2 Å². The highest BCUT2D eigenvalue weighted by molar-refractivity contribution is 5.71. The first-order valence-corrected chi connectivity index (χ1v) is 6.25. The second kappa shape index (κ2) is 8.88. The van der Waals surface area contributed by atoms with Crippen LogP contribution in [0.3, 0.4) is 0 Å². The first-order chi connectivity index (χ1) is 10.1. The Hall–Kier alpha value is -2.19. The molecule has 8 heteroatoms. The topological polar surface area (TPSA) is 99.9 Å². The highest BCUT2D eigenvalue weighted by Crippen LogP contribution is 2.24. The van der Waals surface area contributed by atoms with Crippen LogP contribution in [0.5, 0.6) is 5.75 Å². The standard InChI is InChI=1S/C13H18N2O6/c1-19-6-5-14-8-10-7-11(15(17)18)3-4-12(10)21-9-13(16)20-2/h3-4,7,14H,5-6,8-9H2,1-2H3. The number of nitrogens with zero attached hydrogens (tertiary/aromatic N) is 1. The summed E-state index contributed by atoms with van der Waals surface area (Å²) in [6.45, 7) is 1.23. The van der Waals surface area contributed by atoms with Crippen LogP contribution in [-0.2, 0) is 20.8 Å². The number of carbonyl (C=O) groups excluding carboxylic acids is 1. The number of nitrogens with one attached hydrogen (secondary N) is 1. The van der Waals surface area contributed by atoms with Gasteiger partial charge in [-0.25, -0.2) is 4.79 Å². The van der Waals surface area contributed by atoms with Crippen molar-refractivity contribution in [1.82, 2.24) is 5.32 Å². The third-order valence-electron chi connectivity index (χ3n) is 2.63. The Morgan fingerprint density at radius 1 is 1.38 bits per heavy atom. The lowest BCUT2D eigenvalue weighted by molar-refractivity contribution is -0.384. The summed E-state index contributed by atoms with van der Waals surface area (Å²) in [7, 11) is 2.84. The molecule has 0 fully saturated rings. The lowest BCUT2D eigenvalue weighted by atomic mass is 10.1. The fraction of sp³-hybridized carbons (Fsp3) is 0.462. The number of esters is 1. The van der Waals surface area contributed by atoms with Gasteiger partial charge in [-0.2, -0.15) is 0 Å². The number of hydrogen-bond acceptors (Lipinski definition) is 7. The average molecular weight is 298 g/mol. The summed E-state index contributed by atoms with van der Waals surface area (Å²) in [5.41, 5.74) is 0.549. The molecule has 0 aromatic heterocycles. The Balaban J connectivity index is 2.78. The highest BCUT2D eigenvalue weighted by Gasteiger charge is 2.13. The van der Waals surface area contributed by atoms with Crippen molar-refractivity contribution in [3.63, 3.8) is 0 Å². The van der Waals surface area contributed by atoms with E-state index in [-0.39, 0.29) is 12.3 Å². The molecule has 0 saturated carbocycles. The van der Waals surface area contributed by atoms with Crippen LogP contribution in [-0.4, -0.2) is 44.9 Å². The minimum Gasteiger partial charge on any atom is -0.482 e. The molecule has 0 radical (unpaired) electrons. The molecule has 1 N–H and O–H groups in total. The molecule has 21 heavy (non-hydrogen) atoms. The van der Waals surface area contributed by atoms with Gasteiger partial charge in [-0.3, -0.25) is 10.1 Å². The molecule has 0 atom stereocenters. The summed E-state index contributed by atoms with van der Waals surface area (Å²) in [4.78, 5) is 21.4. The predicted molar refractivity (Wildman–Crippen MR) is 74.2 cm³/mol. The molecule has 0 saturated heterocycles. The second-order valence-corrected chi connectivity index (χ2v) is 4.08. The van der Waals surface area contributed by atoms with Crippen molar-refractivity contribution in [3.8, 4) is 5.75 Å². The van der Waals surface area contributed by atoms with Crippen LogP contribution in [0.25, 0.3) is 0 Å². The van der Waals surface area contributed by atoms with Crippen molar-refractivity contribution in [2.45, 2.75) is 6.54 Å². The van der Waals surface area contributed by atoms with Crippen LogP contribution in [0.2, 0.25) is 0 Å². The van der Waals surface area contributed by atoms with Crippen LogP contribution >= 0.6 is 0 Å². The van der Waals surface area contributed by atoms with Crippen LogP contribution in [0.1, 0.15) is 5.56 Å². The van der Waals surface area contributed by atoms with Crippen molar-refractivity contribution in [3.05, 3.63) is 33.9 Å². The Labute approximate surface area is 122 Å². The zero-order valence-electron chi connectivity index (χ0n) is 12.0. The maximum atomic E-state index is 11.1. The van der Waals surface area contributed by atoms with E-state index < -0.39 is 10.9 Å². The van der Waals surface area contributed by atoms with Crippen molar-refractivity contribution in [2.24, 2.45) is 0 Å². The van der Waals surface area contributed by atoms with E-state index in [9.17, 15) is 14.9 Å². The molecule has 8 nitrogen and oxygen atoms in total. The number of nitro groups is 1. The Morgan fingerprint density at radius 3 is 2.76 bits per heavy atom. The molecule has 0 bridgehead atoms. The van der Waals surface area contributed by atoms with Crippen molar-refractivity contribution in [1.29, 1.82) is 0 Å². The fourth-order valence-corrected chi connectivity index (χ4v) is 1.55. The van der Waals surface area contributed by atoms with Gasteiger partial charge in [-0.15, -0.1) is 0 Å². The summed E-state index contributed by atoms with van der Waals surface area (Å²) >= 11 is 0. The number of ether oxygens (including phenoxy) is 3. The molecule has 116 valence electrons. The molecule has 1 rings (SSSR count). The number of carbonyl (C=O) groups is 1. The SMILES string of the molecule is COCCNCc1cc([N+](=O)[O-])ccc1OCC(=O)OC. The molecule has 0 amide bonds. The molecule has 0 aliphatic carbocycles. The van der Waals surface area contributed by atoms with Gasteiger partial charge in [0.05, 0.1) is 18.6 Å². The summed E-state index contributed by atoms with van der Waals surface area (Å²) in [5, 5.41) is 13.9. The third-order valence-corrected chi connectivity index (χ3v) is 2.63. The second-order valence-electron chi connectivity index (χ2n) is 4.08. The molecule has 0 heterocycles. The van der Waals surface area contributed by atoms with Gasteiger partial charge in [0, 0.05) is 37.9 Å². The van der Waals surface area contributed by atoms with Gasteiger partial charge in [-0.1, -0.05) is 0 Å². The Kier molecular flexibility index (Phi) is 7.13. The van der Waals surface area contributed by atoms with E-state index in [4.69, 9.17) is 9.47 Å². The van der Waals surface area contributed by atoms with E-state index in [0.29, 0.717) is 31.0 Å². The maximum Gasteiger partial charge on any atom is 0.343 e. The minimum atomic E-state index is -0.522. The van der Waals surface area contributed by atoms with Crippen molar-refractivity contribution >= 4 is 11.7 Å². The molecule has 1 aromatic rings. The summed E-state index contributed by atoms with van der Waals surface area (Å²) in [6, 6.07) is 4.20. The molecule has 1 aromatic carbocycles. The quantitative estimate of drug-likeness (QED) is 0.312. The predicted octanol–water partition coefficient (Wildman–Crippen LogP) is 0.883. The zero-order valence-corrected chi connectivity index (χ0v) is 12.0. The van der Waals surface area contributed by atoms with E-state index >= 15 is 0 Å². The first-order valence-electron chi connectivity index (χ1n) is 6.25. The normalized spacial score (nSPS) is 10.2. The van der Waals surface area contributed by atoms with E-state index in [0.717, 1.165) is 0 Å². The average Bonchev–Trinajstić information content (AvgIpc) is 2.49. The van der Waals surface area contributed by atoms with Crippen molar-refractivity contribution in [2.75, 3.05) is 34.0 Å². The largest absolute Gasteiger partial charge is 0.482 e. The monoisotopic (exact) mass is 298 g/mol. The maximum absolute atomic E-state index is 11.1. The third kappa shape index (κ3) is 5.76. The highest BCUT2D eigenvalue weighted by atomic mass is 16.6. The van der Waals surface area contributed by atoms with E-state index in [1.807, 2.05) is 0 Å². The van der Waals surface area contributed by atoms with Crippen LogP contribution in [0, 0.1) is 10.1 Å². The lowest BCUT2D eigenvalue weighted by Crippen LogP contribution is -2.20. The Morgan fingerprint density at radius 2 is 2.14 bits per heavy atom. The number of rotatable bonds is 9.